The fraction of sp³-hybridized carbons (Fsp3) is 0.167. The van der Waals surface area contributed by atoms with Gasteiger partial charge in [-0.2, -0.15) is 5.10 Å². The lowest BCUT2D eigenvalue weighted by atomic mass is 10.1. The number of carbonyl (C=O) groups excluding carboxylic acids is 1. The molecule has 0 saturated heterocycles. The fourth-order valence-electron chi connectivity index (χ4n) is 2.14. The lowest BCUT2D eigenvalue weighted by molar-refractivity contribution is 0.168. The number of ether oxygens (including phenoxy) is 1. The third-order valence-corrected chi connectivity index (χ3v) is 4.21. The molecule has 0 aliphatic heterocycles. The van der Waals surface area contributed by atoms with Crippen LogP contribution in [0.5, 0.6) is 0 Å². The fourth-order valence-corrected chi connectivity index (χ4v) is 2.96. The summed E-state index contributed by atoms with van der Waals surface area (Å²) in [6.07, 6.45) is 2.60. The van der Waals surface area contributed by atoms with Crippen molar-refractivity contribution >= 4 is 33.8 Å². The molecule has 0 aliphatic carbocycles. The minimum Gasteiger partial charge on any atom is -0.463 e. The van der Waals surface area contributed by atoms with Gasteiger partial charge in [0, 0.05) is 5.56 Å². The number of nitrogens with one attached hydrogen (secondary N) is 2. The van der Waals surface area contributed by atoms with Gasteiger partial charge in [-0.3, -0.25) is 10.7 Å². The molecule has 0 fully saturated rings. The van der Waals surface area contributed by atoms with Gasteiger partial charge in [-0.1, -0.05) is 41.2 Å². The van der Waals surface area contributed by atoms with E-state index in [9.17, 15) is 4.79 Å². The lowest BCUT2D eigenvalue weighted by Crippen LogP contribution is -2.12. The molecule has 134 valence electrons. The molecule has 0 unspecified atom stereocenters. The van der Waals surface area contributed by atoms with Crippen LogP contribution in [0.2, 0.25) is 0 Å². The number of amides is 1. The summed E-state index contributed by atoms with van der Waals surface area (Å²) in [5.41, 5.74) is 5.54. The van der Waals surface area contributed by atoms with E-state index in [1.165, 1.54) is 11.3 Å². The topological polar surface area (TPSA) is 88.8 Å². The van der Waals surface area contributed by atoms with Crippen molar-refractivity contribution in [2.45, 2.75) is 13.8 Å². The molecule has 0 bridgehead atoms. The maximum atomic E-state index is 11.8. The maximum absolute atomic E-state index is 11.8. The Hall–Kier alpha value is -3.13. The van der Waals surface area contributed by atoms with E-state index in [4.69, 9.17) is 9.15 Å². The first kappa shape index (κ1) is 17.7. The molecule has 0 aliphatic rings. The average molecular weight is 370 g/mol. The Labute approximate surface area is 154 Å². The molecule has 1 aromatic carbocycles. The number of aromatic nitrogens is 1. The summed E-state index contributed by atoms with van der Waals surface area (Å²) in [6, 6.07) is 11.5. The van der Waals surface area contributed by atoms with Crippen LogP contribution >= 0.6 is 11.3 Å². The molecule has 1 amide bonds. The number of thiazole rings is 1. The Bertz CT molecular complexity index is 886. The highest BCUT2D eigenvalue weighted by molar-refractivity contribution is 7.20. The van der Waals surface area contributed by atoms with E-state index < -0.39 is 6.09 Å². The SMILES string of the molecule is CCOC(=O)Nc1sc(N/N=C\c2ccco2)nc1-c1ccc(C)cc1. The number of furan rings is 1. The van der Waals surface area contributed by atoms with Gasteiger partial charge in [0.25, 0.3) is 0 Å². The largest absolute Gasteiger partial charge is 0.463 e. The first-order chi connectivity index (χ1) is 12.7. The second-order valence-electron chi connectivity index (χ2n) is 5.29. The van der Waals surface area contributed by atoms with E-state index in [2.05, 4.69) is 20.8 Å². The summed E-state index contributed by atoms with van der Waals surface area (Å²) < 4.78 is 10.1. The number of hydrazone groups is 1. The van der Waals surface area contributed by atoms with Crippen LogP contribution in [0.15, 0.2) is 52.2 Å². The van der Waals surface area contributed by atoms with Crippen LogP contribution in [-0.4, -0.2) is 23.9 Å². The van der Waals surface area contributed by atoms with Crippen molar-refractivity contribution in [2.75, 3.05) is 17.3 Å². The monoisotopic (exact) mass is 370 g/mol. The number of aryl methyl sites for hydroxylation is 1. The van der Waals surface area contributed by atoms with E-state index >= 15 is 0 Å². The van der Waals surface area contributed by atoms with Gasteiger partial charge in [0.15, 0.2) is 0 Å². The van der Waals surface area contributed by atoms with E-state index in [1.807, 2.05) is 31.2 Å². The average Bonchev–Trinajstić information content (AvgIpc) is 3.26. The van der Waals surface area contributed by atoms with Crippen LogP contribution < -0.4 is 10.7 Å². The summed E-state index contributed by atoms with van der Waals surface area (Å²) in [7, 11) is 0. The third kappa shape index (κ3) is 4.48. The Morgan fingerprint density at radius 1 is 1.35 bits per heavy atom. The third-order valence-electron chi connectivity index (χ3n) is 3.34. The van der Waals surface area contributed by atoms with Crippen LogP contribution in [0.3, 0.4) is 0 Å². The molecule has 3 aromatic rings. The number of carbonyl (C=O) groups is 1. The number of rotatable bonds is 6. The Balaban J connectivity index is 1.84. The lowest BCUT2D eigenvalue weighted by Gasteiger charge is -2.05. The van der Waals surface area contributed by atoms with Gasteiger partial charge in [-0.15, -0.1) is 0 Å². The zero-order valence-corrected chi connectivity index (χ0v) is 15.2. The van der Waals surface area contributed by atoms with Crippen LogP contribution in [0.1, 0.15) is 18.2 Å². The minimum absolute atomic E-state index is 0.295. The van der Waals surface area contributed by atoms with Crippen LogP contribution in [0.4, 0.5) is 14.9 Å². The molecule has 2 N–H and O–H groups in total. The zero-order chi connectivity index (χ0) is 18.4. The second kappa shape index (κ2) is 8.30. The number of hydrogen-bond donors (Lipinski definition) is 2. The summed E-state index contributed by atoms with van der Waals surface area (Å²) >= 11 is 1.27. The van der Waals surface area contributed by atoms with Crippen molar-refractivity contribution < 1.29 is 13.9 Å². The predicted octanol–water partition coefficient (Wildman–Crippen LogP) is 4.73. The van der Waals surface area contributed by atoms with E-state index in [0.717, 1.165) is 11.1 Å². The molecular weight excluding hydrogens is 352 g/mol. The summed E-state index contributed by atoms with van der Waals surface area (Å²) in [5, 5.41) is 7.95. The molecule has 3 rings (SSSR count). The van der Waals surface area contributed by atoms with Gasteiger partial charge in [-0.05, 0) is 26.0 Å². The number of benzene rings is 1. The molecule has 26 heavy (non-hydrogen) atoms. The molecular formula is C18H18N4O3S. The van der Waals surface area contributed by atoms with Crippen molar-refractivity contribution in [3.63, 3.8) is 0 Å². The highest BCUT2D eigenvalue weighted by atomic mass is 32.1. The molecule has 8 heteroatoms. The molecule has 0 radical (unpaired) electrons. The molecule has 0 spiro atoms. The smallest absolute Gasteiger partial charge is 0.412 e. The van der Waals surface area contributed by atoms with E-state index in [1.54, 1.807) is 31.5 Å². The number of hydrogen-bond acceptors (Lipinski definition) is 7. The summed E-state index contributed by atoms with van der Waals surface area (Å²) in [6.45, 7) is 4.06. The standard InChI is InChI=1S/C18H18N4O3S/c1-3-24-18(23)21-16-15(13-8-6-12(2)7-9-13)20-17(26-16)22-19-11-14-5-4-10-25-14/h4-11H,3H2,1-2H3,(H,20,22)(H,21,23)/b19-11-. The molecule has 2 aromatic heterocycles. The second-order valence-corrected chi connectivity index (χ2v) is 6.29. The molecule has 7 nitrogen and oxygen atoms in total. The van der Waals surface area contributed by atoms with Crippen molar-refractivity contribution in [2.24, 2.45) is 5.10 Å². The van der Waals surface area contributed by atoms with Crippen molar-refractivity contribution in [3.05, 3.63) is 54.0 Å². The number of nitrogens with zero attached hydrogens (tertiary/aromatic N) is 2. The van der Waals surface area contributed by atoms with Crippen LogP contribution in [0.25, 0.3) is 11.3 Å². The van der Waals surface area contributed by atoms with E-state index in [0.29, 0.717) is 28.2 Å². The quantitative estimate of drug-likeness (QED) is 0.484. The molecule has 0 atom stereocenters. The van der Waals surface area contributed by atoms with Gasteiger partial charge in [0.05, 0.1) is 19.1 Å². The van der Waals surface area contributed by atoms with Crippen molar-refractivity contribution in [1.82, 2.24) is 4.98 Å². The zero-order valence-electron chi connectivity index (χ0n) is 14.4. The highest BCUT2D eigenvalue weighted by Crippen LogP contribution is 2.36. The van der Waals surface area contributed by atoms with Gasteiger partial charge >= 0.3 is 6.09 Å². The van der Waals surface area contributed by atoms with Crippen molar-refractivity contribution in [3.8, 4) is 11.3 Å². The Morgan fingerprint density at radius 3 is 2.85 bits per heavy atom. The molecule has 0 saturated carbocycles. The highest BCUT2D eigenvalue weighted by Gasteiger charge is 2.16. The van der Waals surface area contributed by atoms with E-state index in [-0.39, 0.29) is 0 Å². The minimum atomic E-state index is -0.518. The first-order valence-electron chi connectivity index (χ1n) is 8.00. The summed E-state index contributed by atoms with van der Waals surface area (Å²) in [5.74, 6) is 0.623. The van der Waals surface area contributed by atoms with Gasteiger partial charge in [-0.25, -0.2) is 9.78 Å². The Kier molecular flexibility index (Phi) is 5.65. The predicted molar refractivity (Wildman–Crippen MR) is 103 cm³/mol. The normalized spacial score (nSPS) is 10.8. The van der Waals surface area contributed by atoms with Gasteiger partial charge in [0.1, 0.15) is 16.5 Å². The van der Waals surface area contributed by atoms with Crippen molar-refractivity contribution in [1.29, 1.82) is 0 Å². The van der Waals surface area contributed by atoms with Crippen LogP contribution in [-0.2, 0) is 4.74 Å². The first-order valence-corrected chi connectivity index (χ1v) is 8.81. The van der Waals surface area contributed by atoms with Crippen LogP contribution in [0, 0.1) is 6.92 Å². The number of anilines is 2. The van der Waals surface area contributed by atoms with Gasteiger partial charge < -0.3 is 9.15 Å². The Morgan fingerprint density at radius 2 is 2.15 bits per heavy atom. The summed E-state index contributed by atoms with van der Waals surface area (Å²) in [4.78, 5) is 16.3. The van der Waals surface area contributed by atoms with Gasteiger partial charge in [0.2, 0.25) is 5.13 Å². The maximum Gasteiger partial charge on any atom is 0.412 e. The molecule has 2 heterocycles.